The molecule has 0 saturated carbocycles. The SMILES string of the molecule is CC(C)CCNc1ncnc(N2CCN(C)CC2)c1[N+](=O)[O-]. The van der Waals surface area contributed by atoms with Crippen molar-refractivity contribution in [3.05, 3.63) is 16.4 Å². The Hall–Kier alpha value is -1.96. The van der Waals surface area contributed by atoms with Gasteiger partial charge < -0.3 is 15.1 Å². The fourth-order valence-corrected chi connectivity index (χ4v) is 2.40. The van der Waals surface area contributed by atoms with Crippen LogP contribution in [-0.4, -0.2) is 59.6 Å². The lowest BCUT2D eigenvalue weighted by molar-refractivity contribution is -0.383. The maximum atomic E-state index is 11.5. The van der Waals surface area contributed by atoms with Crippen molar-refractivity contribution in [1.29, 1.82) is 0 Å². The van der Waals surface area contributed by atoms with Crippen LogP contribution in [0.15, 0.2) is 6.33 Å². The molecular weight excluding hydrogens is 284 g/mol. The van der Waals surface area contributed by atoms with Gasteiger partial charge in [-0.2, -0.15) is 0 Å². The van der Waals surface area contributed by atoms with Crippen molar-refractivity contribution in [2.75, 3.05) is 50.0 Å². The summed E-state index contributed by atoms with van der Waals surface area (Å²) in [5.74, 6) is 1.26. The van der Waals surface area contributed by atoms with Gasteiger partial charge in [0.25, 0.3) is 0 Å². The number of nitro groups is 1. The van der Waals surface area contributed by atoms with Crippen LogP contribution in [0.5, 0.6) is 0 Å². The number of anilines is 2. The quantitative estimate of drug-likeness (QED) is 0.630. The van der Waals surface area contributed by atoms with Crippen LogP contribution >= 0.6 is 0 Å². The van der Waals surface area contributed by atoms with Crippen molar-refractivity contribution in [2.24, 2.45) is 5.92 Å². The molecule has 2 rings (SSSR count). The van der Waals surface area contributed by atoms with E-state index in [0.29, 0.717) is 24.1 Å². The highest BCUT2D eigenvalue weighted by Gasteiger charge is 2.28. The number of rotatable bonds is 6. The van der Waals surface area contributed by atoms with Crippen molar-refractivity contribution < 1.29 is 4.92 Å². The van der Waals surface area contributed by atoms with Gasteiger partial charge in [0, 0.05) is 32.7 Å². The molecular formula is C14H24N6O2. The molecule has 8 nitrogen and oxygen atoms in total. The van der Waals surface area contributed by atoms with Crippen molar-refractivity contribution in [2.45, 2.75) is 20.3 Å². The number of nitrogens with one attached hydrogen (secondary N) is 1. The largest absolute Gasteiger partial charge is 0.364 e. The van der Waals surface area contributed by atoms with Gasteiger partial charge in [-0.1, -0.05) is 13.8 Å². The summed E-state index contributed by atoms with van der Waals surface area (Å²) in [5, 5.41) is 14.6. The fraction of sp³-hybridized carbons (Fsp3) is 0.714. The Bertz CT molecular complexity index is 514. The normalized spacial score (nSPS) is 16.1. The molecule has 8 heteroatoms. The molecule has 1 fully saturated rings. The summed E-state index contributed by atoms with van der Waals surface area (Å²) >= 11 is 0. The second kappa shape index (κ2) is 7.35. The first-order valence-electron chi connectivity index (χ1n) is 7.65. The van der Waals surface area contributed by atoms with Crippen LogP contribution in [0.1, 0.15) is 20.3 Å². The van der Waals surface area contributed by atoms with E-state index in [4.69, 9.17) is 0 Å². The third kappa shape index (κ3) is 4.03. The molecule has 0 amide bonds. The van der Waals surface area contributed by atoms with E-state index >= 15 is 0 Å². The van der Waals surface area contributed by atoms with E-state index in [0.717, 1.165) is 32.6 Å². The Labute approximate surface area is 130 Å². The lowest BCUT2D eigenvalue weighted by Gasteiger charge is -2.32. The van der Waals surface area contributed by atoms with Gasteiger partial charge in [-0.25, -0.2) is 9.97 Å². The molecule has 1 saturated heterocycles. The van der Waals surface area contributed by atoms with Gasteiger partial charge in [0.15, 0.2) is 0 Å². The molecule has 1 aliphatic heterocycles. The van der Waals surface area contributed by atoms with Crippen LogP contribution in [0.4, 0.5) is 17.3 Å². The minimum atomic E-state index is -0.384. The lowest BCUT2D eigenvalue weighted by atomic mass is 10.1. The molecule has 22 heavy (non-hydrogen) atoms. The maximum Gasteiger partial charge on any atom is 0.353 e. The highest BCUT2D eigenvalue weighted by atomic mass is 16.6. The predicted octanol–water partition coefficient (Wildman–Crippen LogP) is 1.59. The van der Waals surface area contributed by atoms with Crippen molar-refractivity contribution in [1.82, 2.24) is 14.9 Å². The summed E-state index contributed by atoms with van der Waals surface area (Å²) in [6.07, 6.45) is 2.34. The van der Waals surface area contributed by atoms with Gasteiger partial charge in [-0.05, 0) is 19.4 Å². The number of nitrogens with zero attached hydrogens (tertiary/aromatic N) is 5. The zero-order valence-electron chi connectivity index (χ0n) is 13.4. The number of hydrogen-bond acceptors (Lipinski definition) is 7. The molecule has 0 aromatic carbocycles. The van der Waals surface area contributed by atoms with Crippen molar-refractivity contribution in [3.63, 3.8) is 0 Å². The molecule has 0 unspecified atom stereocenters. The zero-order chi connectivity index (χ0) is 16.1. The number of aromatic nitrogens is 2. The molecule has 2 heterocycles. The maximum absolute atomic E-state index is 11.5. The topological polar surface area (TPSA) is 87.4 Å². The third-order valence-electron chi connectivity index (χ3n) is 3.80. The van der Waals surface area contributed by atoms with Gasteiger partial charge >= 0.3 is 5.69 Å². The van der Waals surface area contributed by atoms with Crippen LogP contribution < -0.4 is 10.2 Å². The van der Waals surface area contributed by atoms with Crippen LogP contribution in [0.2, 0.25) is 0 Å². The summed E-state index contributed by atoms with van der Waals surface area (Å²) in [6, 6.07) is 0. The first kappa shape index (κ1) is 16.4. The average Bonchev–Trinajstić information content (AvgIpc) is 2.47. The smallest absolute Gasteiger partial charge is 0.353 e. The lowest BCUT2D eigenvalue weighted by Crippen LogP contribution is -2.45. The molecule has 1 aliphatic rings. The second-order valence-corrected chi connectivity index (χ2v) is 6.05. The van der Waals surface area contributed by atoms with Crippen LogP contribution in [-0.2, 0) is 0 Å². The minimum absolute atomic E-state index is 0.0178. The molecule has 0 spiro atoms. The number of piperazine rings is 1. The molecule has 1 aromatic rings. The predicted molar refractivity (Wildman–Crippen MR) is 86.3 cm³/mol. The molecule has 0 radical (unpaired) electrons. The van der Waals surface area contributed by atoms with Gasteiger partial charge in [0.1, 0.15) is 6.33 Å². The summed E-state index contributed by atoms with van der Waals surface area (Å²) < 4.78 is 0. The molecule has 0 atom stereocenters. The summed E-state index contributed by atoms with van der Waals surface area (Å²) in [4.78, 5) is 23.5. The summed E-state index contributed by atoms with van der Waals surface area (Å²) in [5.41, 5.74) is -0.0178. The van der Waals surface area contributed by atoms with E-state index in [2.05, 4.69) is 34.0 Å². The molecule has 1 N–H and O–H groups in total. The first-order valence-corrected chi connectivity index (χ1v) is 7.65. The Kier molecular flexibility index (Phi) is 5.48. The van der Waals surface area contributed by atoms with E-state index in [1.54, 1.807) is 0 Å². The number of hydrogen-bond donors (Lipinski definition) is 1. The minimum Gasteiger partial charge on any atom is -0.364 e. The monoisotopic (exact) mass is 308 g/mol. The summed E-state index contributed by atoms with van der Waals surface area (Å²) in [7, 11) is 2.05. The Balaban J connectivity index is 2.20. The molecule has 122 valence electrons. The van der Waals surface area contributed by atoms with Crippen molar-refractivity contribution in [3.8, 4) is 0 Å². The second-order valence-electron chi connectivity index (χ2n) is 6.05. The highest BCUT2D eigenvalue weighted by molar-refractivity contribution is 5.70. The van der Waals surface area contributed by atoms with Crippen LogP contribution in [0, 0.1) is 16.0 Å². The van der Waals surface area contributed by atoms with E-state index in [1.807, 2.05) is 11.9 Å². The van der Waals surface area contributed by atoms with Gasteiger partial charge in [-0.3, -0.25) is 10.1 Å². The molecule has 0 bridgehead atoms. The Morgan fingerprint density at radius 3 is 2.59 bits per heavy atom. The zero-order valence-corrected chi connectivity index (χ0v) is 13.4. The van der Waals surface area contributed by atoms with E-state index < -0.39 is 0 Å². The van der Waals surface area contributed by atoms with Crippen molar-refractivity contribution >= 4 is 17.3 Å². The molecule has 1 aromatic heterocycles. The van der Waals surface area contributed by atoms with Crippen LogP contribution in [0.25, 0.3) is 0 Å². The molecule has 0 aliphatic carbocycles. The van der Waals surface area contributed by atoms with Crippen LogP contribution in [0.3, 0.4) is 0 Å². The standard InChI is InChI=1S/C14H24N6O2/c1-11(2)4-5-15-13-12(20(21)22)14(17-10-16-13)19-8-6-18(3)7-9-19/h10-11H,4-9H2,1-3H3,(H,15,16,17). The van der Waals surface area contributed by atoms with Gasteiger partial charge in [0.05, 0.1) is 4.92 Å². The Morgan fingerprint density at radius 1 is 1.32 bits per heavy atom. The van der Waals surface area contributed by atoms with E-state index in [1.165, 1.54) is 6.33 Å². The van der Waals surface area contributed by atoms with Gasteiger partial charge in [-0.15, -0.1) is 0 Å². The third-order valence-corrected chi connectivity index (χ3v) is 3.80. The first-order chi connectivity index (χ1) is 10.5. The highest BCUT2D eigenvalue weighted by Crippen LogP contribution is 2.32. The van der Waals surface area contributed by atoms with E-state index in [-0.39, 0.29) is 10.6 Å². The van der Waals surface area contributed by atoms with Gasteiger partial charge in [0.2, 0.25) is 11.6 Å². The average molecular weight is 308 g/mol. The summed E-state index contributed by atoms with van der Waals surface area (Å²) in [6.45, 7) is 8.11. The van der Waals surface area contributed by atoms with E-state index in [9.17, 15) is 10.1 Å². The number of likely N-dealkylation sites (N-methyl/N-ethyl adjacent to an activating group) is 1. The Morgan fingerprint density at radius 2 is 2.00 bits per heavy atom. The fourth-order valence-electron chi connectivity index (χ4n) is 2.40.